The van der Waals surface area contributed by atoms with Crippen molar-refractivity contribution in [3.63, 3.8) is 0 Å². The lowest BCUT2D eigenvalue weighted by Gasteiger charge is -2.16. The first kappa shape index (κ1) is 25.4. The van der Waals surface area contributed by atoms with E-state index in [1.165, 1.54) is 16.5 Å². The van der Waals surface area contributed by atoms with Crippen molar-refractivity contribution in [1.82, 2.24) is 10.3 Å². The molecule has 0 atom stereocenters. The van der Waals surface area contributed by atoms with Crippen LogP contribution in [0.4, 0.5) is 0 Å². The quantitative estimate of drug-likeness (QED) is 0.204. The second kappa shape index (κ2) is 12.3. The molecule has 174 valence electrons. The highest BCUT2D eigenvalue weighted by molar-refractivity contribution is 9.10. The Hall–Kier alpha value is -2.18. The highest BCUT2D eigenvalue weighted by Gasteiger charge is 2.13. The van der Waals surface area contributed by atoms with Gasteiger partial charge in [-0.2, -0.15) is 0 Å². The smallest absolute Gasteiger partial charge is 0.175 e. The summed E-state index contributed by atoms with van der Waals surface area (Å²) in [6.07, 6.45) is 3.06. The van der Waals surface area contributed by atoms with Gasteiger partial charge in [0.05, 0.1) is 11.1 Å². The second-order valence-corrected chi connectivity index (χ2v) is 8.83. The Morgan fingerprint density at radius 2 is 1.79 bits per heavy atom. The molecule has 0 aliphatic carbocycles. The molecule has 2 N–H and O–H groups in total. The highest BCUT2D eigenvalue weighted by Crippen LogP contribution is 2.37. The Morgan fingerprint density at radius 3 is 2.58 bits per heavy atom. The number of hydrogen-bond acceptors (Lipinski definition) is 3. The van der Waals surface area contributed by atoms with E-state index in [4.69, 9.17) is 21.1 Å². The minimum atomic E-state index is 0. The molecule has 4 aromatic rings. The maximum Gasteiger partial charge on any atom is 0.175 e. The first-order valence-electron chi connectivity index (χ1n) is 10.7. The minimum Gasteiger partial charge on any atom is -0.490 e. The Balaban J connectivity index is 0.00000306. The van der Waals surface area contributed by atoms with Crippen molar-refractivity contribution in [3.05, 3.63) is 93.0 Å². The molecule has 0 radical (unpaired) electrons. The summed E-state index contributed by atoms with van der Waals surface area (Å²) in [6, 6.07) is 20.2. The Bertz CT molecular complexity index is 1180. The minimum absolute atomic E-state index is 0. The highest BCUT2D eigenvalue weighted by atomic mass is 79.9. The summed E-state index contributed by atoms with van der Waals surface area (Å²) in [5.41, 5.74) is 4.70. The lowest BCUT2D eigenvalue weighted by Crippen LogP contribution is -2.16. The first-order chi connectivity index (χ1) is 15.6. The number of benzene rings is 3. The molecule has 0 saturated heterocycles. The average Bonchev–Trinajstić information content (AvgIpc) is 3.21. The van der Waals surface area contributed by atoms with Gasteiger partial charge in [-0.1, -0.05) is 41.9 Å². The van der Waals surface area contributed by atoms with Gasteiger partial charge in [-0.3, -0.25) is 0 Å². The van der Waals surface area contributed by atoms with Crippen LogP contribution in [-0.2, 0) is 19.6 Å². The van der Waals surface area contributed by atoms with Crippen molar-refractivity contribution in [2.75, 3.05) is 13.2 Å². The summed E-state index contributed by atoms with van der Waals surface area (Å²) in [6.45, 7) is 4.62. The summed E-state index contributed by atoms with van der Waals surface area (Å²) < 4.78 is 12.8. The third kappa shape index (κ3) is 6.67. The van der Waals surface area contributed by atoms with Crippen molar-refractivity contribution in [2.45, 2.75) is 26.5 Å². The van der Waals surface area contributed by atoms with E-state index in [1.807, 2.05) is 37.3 Å². The molecule has 0 spiro atoms. The summed E-state index contributed by atoms with van der Waals surface area (Å²) in [7, 11) is 0. The van der Waals surface area contributed by atoms with E-state index in [1.54, 1.807) is 0 Å². The van der Waals surface area contributed by atoms with Crippen molar-refractivity contribution >= 4 is 50.8 Å². The van der Waals surface area contributed by atoms with Crippen LogP contribution in [0.1, 0.15) is 23.6 Å². The largest absolute Gasteiger partial charge is 0.490 e. The van der Waals surface area contributed by atoms with Crippen LogP contribution >= 0.6 is 39.9 Å². The van der Waals surface area contributed by atoms with Gasteiger partial charge in [0.15, 0.2) is 11.5 Å². The fourth-order valence-electron chi connectivity index (χ4n) is 3.66. The zero-order valence-corrected chi connectivity index (χ0v) is 21.5. The number of aromatic amines is 1. The second-order valence-electron chi connectivity index (χ2n) is 7.54. The van der Waals surface area contributed by atoms with Crippen LogP contribution in [0.2, 0.25) is 5.02 Å². The Labute approximate surface area is 214 Å². The van der Waals surface area contributed by atoms with Crippen molar-refractivity contribution in [2.24, 2.45) is 0 Å². The first-order valence-corrected chi connectivity index (χ1v) is 11.9. The molecule has 0 fully saturated rings. The summed E-state index contributed by atoms with van der Waals surface area (Å²) in [5.74, 6) is 1.45. The number of fused-ring (bicyclic) bond motifs is 1. The molecule has 0 bridgehead atoms. The topological polar surface area (TPSA) is 46.3 Å². The standard InChI is InChI=1S/C26H26BrClN2O2.ClH/c1-2-31-25-14-19(13-23(27)26(25)32-17-18-7-9-21(28)10-8-18)15-29-12-11-20-16-30-24-6-4-3-5-22(20)24;/h3-10,13-14,16,29-30H,2,11-12,15,17H2,1H3;1H. The van der Waals surface area contributed by atoms with Crippen LogP contribution in [0, 0.1) is 0 Å². The maximum atomic E-state index is 6.08. The normalized spacial score (nSPS) is 10.8. The summed E-state index contributed by atoms with van der Waals surface area (Å²) >= 11 is 9.63. The maximum absolute atomic E-state index is 6.08. The van der Waals surface area contributed by atoms with Crippen LogP contribution in [-0.4, -0.2) is 18.1 Å². The average molecular weight is 550 g/mol. The van der Waals surface area contributed by atoms with Crippen LogP contribution in [0.5, 0.6) is 11.5 Å². The Kier molecular flexibility index (Phi) is 9.51. The predicted molar refractivity (Wildman–Crippen MR) is 142 cm³/mol. The SMILES string of the molecule is CCOc1cc(CNCCc2c[nH]c3ccccc23)cc(Br)c1OCc1ccc(Cl)cc1.Cl. The molecule has 1 aromatic heterocycles. The zero-order valence-electron chi connectivity index (χ0n) is 18.4. The fraction of sp³-hybridized carbons (Fsp3) is 0.231. The monoisotopic (exact) mass is 548 g/mol. The molecular weight excluding hydrogens is 523 g/mol. The van der Waals surface area contributed by atoms with Crippen LogP contribution < -0.4 is 14.8 Å². The van der Waals surface area contributed by atoms with E-state index in [0.717, 1.165) is 40.9 Å². The molecule has 33 heavy (non-hydrogen) atoms. The van der Waals surface area contributed by atoms with Gasteiger partial charge >= 0.3 is 0 Å². The lowest BCUT2D eigenvalue weighted by molar-refractivity contribution is 0.267. The molecule has 0 aliphatic rings. The predicted octanol–water partition coefficient (Wildman–Crippen LogP) is 7.32. The molecule has 0 unspecified atom stereocenters. The molecule has 1 heterocycles. The number of nitrogens with one attached hydrogen (secondary N) is 2. The molecular formula is C26H27BrCl2N2O2. The third-order valence-electron chi connectivity index (χ3n) is 5.24. The molecule has 0 aliphatic heterocycles. The molecule has 0 amide bonds. The van der Waals surface area contributed by atoms with E-state index >= 15 is 0 Å². The number of para-hydroxylation sites is 1. The van der Waals surface area contributed by atoms with Gasteiger partial charge in [-0.05, 0) is 82.8 Å². The van der Waals surface area contributed by atoms with Gasteiger partial charge in [-0.25, -0.2) is 0 Å². The molecule has 4 rings (SSSR count). The van der Waals surface area contributed by atoms with Crippen molar-refractivity contribution in [3.8, 4) is 11.5 Å². The zero-order chi connectivity index (χ0) is 22.3. The molecule has 7 heteroatoms. The number of halogens is 3. The van der Waals surface area contributed by atoms with E-state index in [2.05, 4.69) is 62.8 Å². The van der Waals surface area contributed by atoms with Gasteiger partial charge in [-0.15, -0.1) is 12.4 Å². The third-order valence-corrected chi connectivity index (χ3v) is 6.08. The van der Waals surface area contributed by atoms with Crippen LogP contribution in [0.25, 0.3) is 10.9 Å². The van der Waals surface area contributed by atoms with Gasteiger partial charge in [0.1, 0.15) is 6.61 Å². The van der Waals surface area contributed by atoms with E-state index < -0.39 is 0 Å². The van der Waals surface area contributed by atoms with Crippen LogP contribution in [0.3, 0.4) is 0 Å². The van der Waals surface area contributed by atoms with Gasteiger partial charge in [0.2, 0.25) is 0 Å². The number of hydrogen-bond donors (Lipinski definition) is 2. The fourth-order valence-corrected chi connectivity index (χ4v) is 4.39. The number of rotatable bonds is 10. The van der Waals surface area contributed by atoms with Crippen molar-refractivity contribution < 1.29 is 9.47 Å². The van der Waals surface area contributed by atoms with Gasteiger partial charge in [0, 0.05) is 28.7 Å². The van der Waals surface area contributed by atoms with Gasteiger partial charge in [0.25, 0.3) is 0 Å². The Morgan fingerprint density at radius 1 is 1.00 bits per heavy atom. The number of H-pyrrole nitrogens is 1. The summed E-state index contributed by atoms with van der Waals surface area (Å²) in [5, 5.41) is 5.54. The summed E-state index contributed by atoms with van der Waals surface area (Å²) in [4.78, 5) is 3.34. The van der Waals surface area contributed by atoms with E-state index in [9.17, 15) is 0 Å². The molecule has 0 saturated carbocycles. The van der Waals surface area contributed by atoms with Crippen molar-refractivity contribution in [1.29, 1.82) is 0 Å². The molecule has 3 aromatic carbocycles. The lowest BCUT2D eigenvalue weighted by atomic mass is 10.1. The van der Waals surface area contributed by atoms with Crippen LogP contribution in [0.15, 0.2) is 71.3 Å². The number of aromatic nitrogens is 1. The van der Waals surface area contributed by atoms with Gasteiger partial charge < -0.3 is 19.8 Å². The van der Waals surface area contributed by atoms with E-state index in [0.29, 0.717) is 24.0 Å². The number of ether oxygens (including phenoxy) is 2. The van der Waals surface area contributed by atoms with E-state index in [-0.39, 0.29) is 12.4 Å². The molecule has 4 nitrogen and oxygen atoms in total.